The summed E-state index contributed by atoms with van der Waals surface area (Å²) in [6.07, 6.45) is 6.67. The number of carbonyl (C=O) groups excluding carboxylic acids is 1. The van der Waals surface area contributed by atoms with Crippen molar-refractivity contribution >= 4 is 28.6 Å². The molecule has 30 heavy (non-hydrogen) atoms. The van der Waals surface area contributed by atoms with E-state index in [1.54, 1.807) is 0 Å². The molecule has 1 heterocycles. The minimum absolute atomic E-state index is 0.0525. The highest BCUT2D eigenvalue weighted by Crippen LogP contribution is 2.23. The van der Waals surface area contributed by atoms with Gasteiger partial charge in [0.2, 0.25) is 0 Å². The number of urea groups is 1. The summed E-state index contributed by atoms with van der Waals surface area (Å²) in [7, 11) is 0. The molecule has 0 radical (unpaired) electrons. The van der Waals surface area contributed by atoms with Crippen molar-refractivity contribution in [2.75, 3.05) is 38.0 Å². The third-order valence-corrected chi connectivity index (χ3v) is 5.64. The van der Waals surface area contributed by atoms with E-state index >= 15 is 0 Å². The average molecular weight is 400 g/mol. The first-order valence-corrected chi connectivity index (χ1v) is 10.8. The van der Waals surface area contributed by atoms with Crippen LogP contribution in [0.1, 0.15) is 18.4 Å². The Hall–Kier alpha value is -3.11. The van der Waals surface area contributed by atoms with Crippen LogP contribution in [0.25, 0.3) is 16.8 Å². The fourth-order valence-corrected chi connectivity index (χ4v) is 3.95. The zero-order valence-corrected chi connectivity index (χ0v) is 17.3. The zero-order valence-electron chi connectivity index (χ0n) is 17.3. The number of hydrogen-bond acceptors (Lipinski definition) is 2. The topological polar surface area (TPSA) is 35.6 Å². The smallest absolute Gasteiger partial charge is 0.320 e. The fourth-order valence-electron chi connectivity index (χ4n) is 3.95. The molecule has 4 heteroatoms. The van der Waals surface area contributed by atoms with Gasteiger partial charge in [0.05, 0.1) is 5.69 Å². The van der Waals surface area contributed by atoms with Crippen LogP contribution in [0.5, 0.6) is 0 Å². The molecule has 1 fully saturated rings. The van der Waals surface area contributed by atoms with Crippen LogP contribution >= 0.6 is 0 Å². The van der Waals surface area contributed by atoms with Gasteiger partial charge in [0.25, 0.3) is 0 Å². The Morgan fingerprint density at radius 1 is 0.933 bits per heavy atom. The largest absolute Gasteiger partial charge is 0.322 e. The summed E-state index contributed by atoms with van der Waals surface area (Å²) in [6, 6.07) is 24.3. The van der Waals surface area contributed by atoms with Crippen molar-refractivity contribution < 1.29 is 4.79 Å². The van der Waals surface area contributed by atoms with E-state index in [1.165, 1.54) is 12.8 Å². The van der Waals surface area contributed by atoms with Crippen LogP contribution in [-0.4, -0.2) is 48.6 Å². The van der Waals surface area contributed by atoms with Crippen molar-refractivity contribution in [3.05, 3.63) is 84.4 Å². The summed E-state index contributed by atoms with van der Waals surface area (Å²) < 4.78 is 0. The normalized spacial score (nSPS) is 14.4. The Morgan fingerprint density at radius 3 is 2.50 bits per heavy atom. The van der Waals surface area contributed by atoms with Crippen LogP contribution in [0.4, 0.5) is 10.5 Å². The van der Waals surface area contributed by atoms with Crippen molar-refractivity contribution in [2.45, 2.75) is 12.8 Å². The molecule has 4 nitrogen and oxygen atoms in total. The van der Waals surface area contributed by atoms with Gasteiger partial charge >= 0.3 is 6.03 Å². The van der Waals surface area contributed by atoms with Crippen molar-refractivity contribution in [3.8, 4) is 0 Å². The van der Waals surface area contributed by atoms with E-state index in [0.717, 1.165) is 48.2 Å². The second-order valence-corrected chi connectivity index (χ2v) is 7.76. The van der Waals surface area contributed by atoms with Gasteiger partial charge in [-0.25, -0.2) is 4.79 Å². The number of anilines is 1. The van der Waals surface area contributed by atoms with Gasteiger partial charge in [-0.3, -0.25) is 0 Å². The maximum atomic E-state index is 13.2. The Balaban J connectivity index is 1.46. The molecule has 1 saturated heterocycles. The SMILES string of the molecule is O=C(Nc1cccc2ccccc12)N(C/C=C/c1ccccc1)CCN1CCCC1. The summed E-state index contributed by atoms with van der Waals surface area (Å²) >= 11 is 0. The monoisotopic (exact) mass is 399 g/mol. The number of carbonyl (C=O) groups is 1. The number of nitrogens with zero attached hydrogens (tertiary/aromatic N) is 2. The molecule has 154 valence electrons. The Kier molecular flexibility index (Phi) is 6.78. The van der Waals surface area contributed by atoms with Crippen LogP contribution in [0.2, 0.25) is 0 Å². The lowest BCUT2D eigenvalue weighted by atomic mass is 10.1. The van der Waals surface area contributed by atoms with E-state index in [1.807, 2.05) is 47.4 Å². The van der Waals surface area contributed by atoms with Gasteiger partial charge in [0, 0.05) is 25.0 Å². The first-order chi connectivity index (χ1) is 14.8. The lowest BCUT2D eigenvalue weighted by molar-refractivity contribution is 0.207. The summed E-state index contributed by atoms with van der Waals surface area (Å²) in [5.41, 5.74) is 2.00. The van der Waals surface area contributed by atoms with Crippen molar-refractivity contribution in [1.29, 1.82) is 0 Å². The van der Waals surface area contributed by atoms with Crippen LogP contribution < -0.4 is 5.32 Å². The number of fused-ring (bicyclic) bond motifs is 1. The Labute approximate surface area is 178 Å². The Bertz CT molecular complexity index is 988. The van der Waals surface area contributed by atoms with E-state index in [2.05, 4.69) is 52.7 Å². The van der Waals surface area contributed by atoms with Gasteiger partial charge in [-0.05, 0) is 42.9 Å². The summed E-state index contributed by atoms with van der Waals surface area (Å²) in [6.45, 7) is 4.49. The fraction of sp³-hybridized carbons (Fsp3) is 0.269. The average Bonchev–Trinajstić information content (AvgIpc) is 3.31. The lowest BCUT2D eigenvalue weighted by Crippen LogP contribution is -2.40. The number of likely N-dealkylation sites (tertiary alicyclic amines) is 1. The highest BCUT2D eigenvalue weighted by Gasteiger charge is 2.17. The molecule has 3 aromatic carbocycles. The van der Waals surface area contributed by atoms with Gasteiger partial charge in [0.1, 0.15) is 0 Å². The minimum atomic E-state index is -0.0525. The molecule has 1 aliphatic heterocycles. The predicted octanol–water partition coefficient (Wildman–Crippen LogP) is 5.48. The maximum absolute atomic E-state index is 13.2. The van der Waals surface area contributed by atoms with Crippen LogP contribution in [-0.2, 0) is 0 Å². The molecule has 2 amide bonds. The molecule has 3 aromatic rings. The second-order valence-electron chi connectivity index (χ2n) is 7.76. The third-order valence-electron chi connectivity index (χ3n) is 5.64. The van der Waals surface area contributed by atoms with Gasteiger partial charge < -0.3 is 15.1 Å². The summed E-state index contributed by atoms with van der Waals surface area (Å²) in [5.74, 6) is 0. The first kappa shape index (κ1) is 20.2. The van der Waals surface area contributed by atoms with Gasteiger partial charge in [-0.2, -0.15) is 0 Å². The molecule has 4 rings (SSSR count). The summed E-state index contributed by atoms with van der Waals surface area (Å²) in [4.78, 5) is 17.5. The van der Waals surface area contributed by atoms with Crippen molar-refractivity contribution in [3.63, 3.8) is 0 Å². The van der Waals surface area contributed by atoms with E-state index in [0.29, 0.717) is 6.54 Å². The molecule has 0 atom stereocenters. The molecule has 0 saturated carbocycles. The number of rotatable bonds is 7. The maximum Gasteiger partial charge on any atom is 0.322 e. The molecule has 1 aliphatic rings. The number of amides is 2. The van der Waals surface area contributed by atoms with Crippen LogP contribution in [0.3, 0.4) is 0 Å². The van der Waals surface area contributed by atoms with E-state index in [-0.39, 0.29) is 6.03 Å². The quantitative estimate of drug-likeness (QED) is 0.571. The zero-order chi connectivity index (χ0) is 20.6. The molecule has 0 aliphatic carbocycles. The molecule has 0 unspecified atom stereocenters. The summed E-state index contributed by atoms with van der Waals surface area (Å²) in [5, 5.41) is 5.33. The minimum Gasteiger partial charge on any atom is -0.320 e. The van der Waals surface area contributed by atoms with Gasteiger partial charge in [0.15, 0.2) is 0 Å². The molecular formula is C26H29N3O. The predicted molar refractivity (Wildman–Crippen MR) is 126 cm³/mol. The van der Waals surface area contributed by atoms with Gasteiger partial charge in [-0.15, -0.1) is 0 Å². The van der Waals surface area contributed by atoms with Crippen LogP contribution in [0, 0.1) is 0 Å². The highest BCUT2D eigenvalue weighted by molar-refractivity contribution is 6.01. The van der Waals surface area contributed by atoms with E-state index in [4.69, 9.17) is 0 Å². The molecule has 0 spiro atoms. The lowest BCUT2D eigenvalue weighted by Gasteiger charge is -2.25. The molecule has 0 bridgehead atoms. The van der Waals surface area contributed by atoms with E-state index in [9.17, 15) is 4.79 Å². The van der Waals surface area contributed by atoms with Crippen LogP contribution in [0.15, 0.2) is 78.9 Å². The van der Waals surface area contributed by atoms with Gasteiger partial charge in [-0.1, -0.05) is 78.9 Å². The van der Waals surface area contributed by atoms with Crippen molar-refractivity contribution in [1.82, 2.24) is 9.80 Å². The number of nitrogens with one attached hydrogen (secondary N) is 1. The molecule has 1 N–H and O–H groups in total. The second kappa shape index (κ2) is 10.1. The third kappa shape index (κ3) is 5.28. The van der Waals surface area contributed by atoms with E-state index < -0.39 is 0 Å². The molecule has 0 aromatic heterocycles. The number of benzene rings is 3. The van der Waals surface area contributed by atoms with Crippen molar-refractivity contribution in [2.24, 2.45) is 0 Å². The number of hydrogen-bond donors (Lipinski definition) is 1. The Morgan fingerprint density at radius 2 is 1.67 bits per heavy atom. The molecular weight excluding hydrogens is 370 g/mol. The first-order valence-electron chi connectivity index (χ1n) is 10.8. The highest BCUT2D eigenvalue weighted by atomic mass is 16.2. The standard InChI is InChI=1S/C26H29N3O/c30-26(27-25-16-8-14-23-13-4-5-15-24(23)25)29(21-20-28-17-6-7-18-28)19-9-12-22-10-2-1-3-11-22/h1-5,8-16H,6-7,17-21H2,(H,27,30)/b12-9+.